The highest BCUT2D eigenvalue weighted by atomic mass is 35.5. The number of rotatable bonds is 3. The second kappa shape index (κ2) is 4.58. The fourth-order valence-electron chi connectivity index (χ4n) is 0.945. The molecular weight excluding hydrogens is 214 g/mol. The van der Waals surface area contributed by atoms with Gasteiger partial charge in [0.15, 0.2) is 5.78 Å². The van der Waals surface area contributed by atoms with Gasteiger partial charge in [-0.25, -0.2) is 4.39 Å². The van der Waals surface area contributed by atoms with E-state index in [9.17, 15) is 9.18 Å². The van der Waals surface area contributed by atoms with Crippen LogP contribution in [-0.4, -0.2) is 11.7 Å². The molecule has 0 bridgehead atoms. The highest BCUT2D eigenvalue weighted by Crippen LogP contribution is 2.15. The Morgan fingerprint density at radius 2 is 2.08 bits per heavy atom. The fraction of sp³-hybridized carbons (Fsp3) is 0.222. The lowest BCUT2D eigenvalue weighted by atomic mass is 10.1. The summed E-state index contributed by atoms with van der Waals surface area (Å²) in [6.45, 7) is 0. The molecule has 0 heterocycles. The van der Waals surface area contributed by atoms with Crippen LogP contribution in [0.4, 0.5) is 4.39 Å². The van der Waals surface area contributed by atoms with Gasteiger partial charge in [-0.05, 0) is 18.2 Å². The van der Waals surface area contributed by atoms with Crippen molar-refractivity contribution in [3.63, 3.8) is 0 Å². The highest BCUT2D eigenvalue weighted by molar-refractivity contribution is 6.31. The molecule has 13 heavy (non-hydrogen) atoms. The standard InChI is InChI=1S/C9H7Cl2FO/c10-2-1-9(13)6-3-7(11)5-8(12)4-6/h3-5H,1-2H2. The molecule has 1 nitrogen and oxygen atoms in total. The van der Waals surface area contributed by atoms with Gasteiger partial charge in [0.1, 0.15) is 5.82 Å². The Hall–Kier alpha value is -0.600. The second-order valence-corrected chi connectivity index (χ2v) is 3.33. The van der Waals surface area contributed by atoms with Crippen LogP contribution in [0.3, 0.4) is 0 Å². The van der Waals surface area contributed by atoms with Crippen molar-refractivity contribution < 1.29 is 9.18 Å². The molecule has 0 amide bonds. The SMILES string of the molecule is O=C(CCCl)c1cc(F)cc(Cl)c1. The number of halogens is 3. The average Bonchev–Trinajstić information content (AvgIpc) is 2.03. The molecule has 1 aromatic carbocycles. The number of ketones is 1. The van der Waals surface area contributed by atoms with Gasteiger partial charge in [0.2, 0.25) is 0 Å². The molecule has 0 fully saturated rings. The van der Waals surface area contributed by atoms with Crippen molar-refractivity contribution in [3.05, 3.63) is 34.6 Å². The molecular formula is C9H7Cl2FO. The summed E-state index contributed by atoms with van der Waals surface area (Å²) in [4.78, 5) is 11.2. The smallest absolute Gasteiger partial charge is 0.164 e. The molecule has 0 atom stereocenters. The Morgan fingerprint density at radius 3 is 2.62 bits per heavy atom. The summed E-state index contributed by atoms with van der Waals surface area (Å²) in [5.41, 5.74) is 0.269. The van der Waals surface area contributed by atoms with Crippen LogP contribution in [0.5, 0.6) is 0 Å². The molecule has 0 aliphatic rings. The summed E-state index contributed by atoms with van der Waals surface area (Å²) in [5.74, 6) is -0.478. The molecule has 0 unspecified atom stereocenters. The molecule has 0 aromatic heterocycles. The molecule has 0 N–H and O–H groups in total. The normalized spacial score (nSPS) is 10.1. The number of benzene rings is 1. The number of hydrogen-bond donors (Lipinski definition) is 0. The van der Waals surface area contributed by atoms with Crippen LogP contribution >= 0.6 is 23.2 Å². The molecule has 0 aliphatic carbocycles. The van der Waals surface area contributed by atoms with Crippen molar-refractivity contribution in [2.75, 3.05) is 5.88 Å². The van der Waals surface area contributed by atoms with E-state index in [1.165, 1.54) is 6.07 Å². The minimum atomic E-state index is -0.509. The zero-order valence-electron chi connectivity index (χ0n) is 6.69. The first-order chi connectivity index (χ1) is 6.13. The van der Waals surface area contributed by atoms with Crippen molar-refractivity contribution in [3.8, 4) is 0 Å². The molecule has 0 aliphatic heterocycles. The monoisotopic (exact) mass is 220 g/mol. The van der Waals surface area contributed by atoms with Crippen LogP contribution in [0, 0.1) is 5.82 Å². The average molecular weight is 221 g/mol. The van der Waals surface area contributed by atoms with Crippen molar-refractivity contribution in [2.45, 2.75) is 6.42 Å². The van der Waals surface area contributed by atoms with E-state index in [2.05, 4.69) is 0 Å². The summed E-state index contributed by atoms with van der Waals surface area (Å²) >= 11 is 10.9. The summed E-state index contributed by atoms with van der Waals surface area (Å²) in [6, 6.07) is 3.74. The number of hydrogen-bond acceptors (Lipinski definition) is 1. The van der Waals surface area contributed by atoms with E-state index in [0.717, 1.165) is 12.1 Å². The lowest BCUT2D eigenvalue weighted by Gasteiger charge is -1.99. The first-order valence-corrected chi connectivity index (χ1v) is 4.60. The molecule has 1 rings (SSSR count). The third kappa shape index (κ3) is 2.98. The van der Waals surface area contributed by atoms with Gasteiger partial charge >= 0.3 is 0 Å². The van der Waals surface area contributed by atoms with Crippen LogP contribution in [-0.2, 0) is 0 Å². The summed E-state index contributed by atoms with van der Waals surface area (Å²) in [7, 11) is 0. The van der Waals surface area contributed by atoms with E-state index in [0.29, 0.717) is 0 Å². The Balaban J connectivity index is 2.94. The van der Waals surface area contributed by atoms with Crippen LogP contribution in [0.15, 0.2) is 18.2 Å². The van der Waals surface area contributed by atoms with Crippen molar-refractivity contribution in [2.24, 2.45) is 0 Å². The Morgan fingerprint density at radius 1 is 1.38 bits per heavy atom. The summed E-state index contributed by atoms with van der Waals surface area (Å²) in [5, 5.41) is 0.220. The highest BCUT2D eigenvalue weighted by Gasteiger charge is 2.07. The second-order valence-electron chi connectivity index (χ2n) is 2.52. The minimum absolute atomic E-state index is 0.196. The molecule has 0 saturated carbocycles. The van der Waals surface area contributed by atoms with Crippen molar-refractivity contribution in [1.82, 2.24) is 0 Å². The van der Waals surface area contributed by atoms with E-state index < -0.39 is 5.82 Å². The number of Topliss-reactive ketones (excluding diaryl/α,β-unsaturated/α-hetero) is 1. The topological polar surface area (TPSA) is 17.1 Å². The quantitative estimate of drug-likeness (QED) is 0.565. The minimum Gasteiger partial charge on any atom is -0.294 e. The van der Waals surface area contributed by atoms with Crippen LogP contribution in [0.1, 0.15) is 16.8 Å². The molecule has 70 valence electrons. The summed E-state index contributed by atoms with van der Waals surface area (Å²) in [6.07, 6.45) is 0.196. The predicted octanol–water partition coefficient (Wildman–Crippen LogP) is 3.29. The van der Waals surface area contributed by atoms with Gasteiger partial charge in [-0.15, -0.1) is 11.6 Å². The predicted molar refractivity (Wildman–Crippen MR) is 51.1 cm³/mol. The van der Waals surface area contributed by atoms with Gasteiger partial charge in [0.25, 0.3) is 0 Å². The molecule has 1 aromatic rings. The zero-order valence-corrected chi connectivity index (χ0v) is 8.20. The van der Waals surface area contributed by atoms with Gasteiger partial charge in [0, 0.05) is 22.9 Å². The van der Waals surface area contributed by atoms with Crippen molar-refractivity contribution >= 4 is 29.0 Å². The van der Waals surface area contributed by atoms with E-state index in [4.69, 9.17) is 23.2 Å². The maximum Gasteiger partial charge on any atom is 0.164 e. The third-order valence-electron chi connectivity index (χ3n) is 1.51. The van der Waals surface area contributed by atoms with Gasteiger partial charge < -0.3 is 0 Å². The Kier molecular flexibility index (Phi) is 3.70. The first-order valence-electron chi connectivity index (χ1n) is 3.68. The van der Waals surface area contributed by atoms with Gasteiger partial charge in [-0.1, -0.05) is 11.6 Å². The molecule has 0 radical (unpaired) electrons. The maximum atomic E-state index is 12.8. The lowest BCUT2D eigenvalue weighted by molar-refractivity contribution is 0.0989. The number of alkyl halides is 1. The zero-order chi connectivity index (χ0) is 9.84. The first kappa shape index (κ1) is 10.5. The maximum absolute atomic E-state index is 12.8. The van der Waals surface area contributed by atoms with E-state index in [-0.39, 0.29) is 28.7 Å². The van der Waals surface area contributed by atoms with Gasteiger partial charge in [0.05, 0.1) is 0 Å². The Labute approximate surface area is 85.5 Å². The molecule has 4 heteroatoms. The number of carbonyl (C=O) groups excluding carboxylic acids is 1. The van der Waals surface area contributed by atoms with Gasteiger partial charge in [-0.3, -0.25) is 4.79 Å². The van der Waals surface area contributed by atoms with Crippen LogP contribution < -0.4 is 0 Å². The van der Waals surface area contributed by atoms with E-state index in [1.807, 2.05) is 0 Å². The van der Waals surface area contributed by atoms with Gasteiger partial charge in [-0.2, -0.15) is 0 Å². The number of carbonyl (C=O) groups is 1. The third-order valence-corrected chi connectivity index (χ3v) is 1.91. The van der Waals surface area contributed by atoms with Crippen LogP contribution in [0.25, 0.3) is 0 Å². The lowest BCUT2D eigenvalue weighted by Crippen LogP contribution is -2.00. The summed E-state index contributed by atoms with van der Waals surface area (Å²) < 4.78 is 12.8. The van der Waals surface area contributed by atoms with E-state index in [1.54, 1.807) is 0 Å². The van der Waals surface area contributed by atoms with Crippen LogP contribution in [0.2, 0.25) is 5.02 Å². The fourth-order valence-corrected chi connectivity index (χ4v) is 1.34. The largest absolute Gasteiger partial charge is 0.294 e. The molecule has 0 saturated heterocycles. The van der Waals surface area contributed by atoms with E-state index >= 15 is 0 Å². The molecule has 0 spiro atoms. The van der Waals surface area contributed by atoms with Crippen molar-refractivity contribution in [1.29, 1.82) is 0 Å². The Bertz CT molecular complexity index is 305.